The summed E-state index contributed by atoms with van der Waals surface area (Å²) in [7, 11) is 0. The molecule has 0 radical (unpaired) electrons. The minimum absolute atomic E-state index is 0.0932. The van der Waals surface area contributed by atoms with Gasteiger partial charge in [0.2, 0.25) is 6.79 Å². The zero-order valence-electron chi connectivity index (χ0n) is 15.1. The summed E-state index contributed by atoms with van der Waals surface area (Å²) in [6.07, 6.45) is 3.47. The standard InChI is InChI=1S/C19H19N3O4S/c1-3-4-7-22-9-20-18-15(19(22)24)11(2)16(27-18)17(23)21-12-5-6-13-14(8-12)26-10-25-13/h5-6,8-9H,3-4,7,10H2,1-2H3,(H,21,23). The molecule has 0 aliphatic carbocycles. The molecule has 1 aliphatic rings. The van der Waals surface area contributed by atoms with Crippen molar-refractivity contribution in [1.82, 2.24) is 9.55 Å². The normalized spacial score (nSPS) is 12.5. The Morgan fingerprint density at radius 2 is 2.15 bits per heavy atom. The van der Waals surface area contributed by atoms with Crippen molar-refractivity contribution < 1.29 is 14.3 Å². The third-order valence-corrected chi connectivity index (χ3v) is 5.71. The van der Waals surface area contributed by atoms with Gasteiger partial charge in [0, 0.05) is 18.3 Å². The van der Waals surface area contributed by atoms with Crippen LogP contribution in [0.1, 0.15) is 35.0 Å². The number of unbranched alkanes of at least 4 members (excludes halogenated alkanes) is 1. The maximum Gasteiger partial charge on any atom is 0.266 e. The van der Waals surface area contributed by atoms with Crippen molar-refractivity contribution in [3.8, 4) is 11.5 Å². The molecule has 0 saturated carbocycles. The molecular formula is C19H19N3O4S. The Morgan fingerprint density at radius 1 is 1.33 bits per heavy atom. The van der Waals surface area contributed by atoms with Crippen LogP contribution in [-0.2, 0) is 6.54 Å². The van der Waals surface area contributed by atoms with E-state index in [0.717, 1.165) is 12.8 Å². The first-order chi connectivity index (χ1) is 13.1. The van der Waals surface area contributed by atoms with Crippen molar-refractivity contribution >= 4 is 33.1 Å². The molecule has 4 rings (SSSR count). The van der Waals surface area contributed by atoms with E-state index in [1.807, 2.05) is 0 Å². The van der Waals surface area contributed by atoms with Crippen LogP contribution < -0.4 is 20.3 Å². The number of anilines is 1. The average Bonchev–Trinajstić information content (AvgIpc) is 3.25. The van der Waals surface area contributed by atoms with Crippen LogP contribution in [0.5, 0.6) is 11.5 Å². The summed E-state index contributed by atoms with van der Waals surface area (Å²) in [6, 6.07) is 5.23. The quantitative estimate of drug-likeness (QED) is 0.726. The van der Waals surface area contributed by atoms with Gasteiger partial charge < -0.3 is 14.8 Å². The molecule has 1 aromatic carbocycles. The lowest BCUT2D eigenvalue weighted by Gasteiger charge is -2.05. The molecular weight excluding hydrogens is 366 g/mol. The van der Waals surface area contributed by atoms with Crippen LogP contribution in [0.2, 0.25) is 0 Å². The maximum absolute atomic E-state index is 12.8. The van der Waals surface area contributed by atoms with Crippen LogP contribution in [0.3, 0.4) is 0 Å². The number of nitrogens with zero attached hydrogens (tertiary/aromatic N) is 2. The van der Waals surface area contributed by atoms with Crippen molar-refractivity contribution in [3.63, 3.8) is 0 Å². The summed E-state index contributed by atoms with van der Waals surface area (Å²) in [5, 5.41) is 3.38. The highest BCUT2D eigenvalue weighted by atomic mass is 32.1. The number of nitrogens with one attached hydrogen (secondary N) is 1. The Labute approximate surface area is 159 Å². The number of carbonyl (C=O) groups excluding carboxylic acids is 1. The fraction of sp³-hybridized carbons (Fsp3) is 0.316. The lowest BCUT2D eigenvalue weighted by atomic mass is 10.2. The van der Waals surface area contributed by atoms with Crippen LogP contribution >= 0.6 is 11.3 Å². The first kappa shape index (κ1) is 17.5. The minimum atomic E-state index is -0.270. The molecule has 0 saturated heterocycles. The van der Waals surface area contributed by atoms with Gasteiger partial charge in [-0.15, -0.1) is 11.3 Å². The fourth-order valence-electron chi connectivity index (χ4n) is 3.03. The molecule has 0 fully saturated rings. The summed E-state index contributed by atoms with van der Waals surface area (Å²) < 4.78 is 12.2. The second kappa shape index (κ2) is 7.03. The molecule has 140 valence electrons. The molecule has 1 N–H and O–H groups in total. The number of amides is 1. The Balaban J connectivity index is 1.65. The Kier molecular flexibility index (Phi) is 4.57. The van der Waals surface area contributed by atoms with Crippen LogP contribution in [0, 0.1) is 6.92 Å². The average molecular weight is 385 g/mol. The summed E-state index contributed by atoms with van der Waals surface area (Å²) in [6.45, 7) is 4.68. The van der Waals surface area contributed by atoms with E-state index in [0.29, 0.717) is 44.4 Å². The fourth-order valence-corrected chi connectivity index (χ4v) is 4.06. The predicted octanol–water partition coefficient (Wildman–Crippen LogP) is 3.55. The van der Waals surface area contributed by atoms with E-state index in [1.165, 1.54) is 11.3 Å². The number of ether oxygens (including phenoxy) is 2. The Morgan fingerprint density at radius 3 is 2.96 bits per heavy atom. The summed E-state index contributed by atoms with van der Waals surface area (Å²) in [5.74, 6) is 0.984. The SMILES string of the molecule is CCCCn1cnc2sc(C(=O)Nc3ccc4c(c3)OCO4)c(C)c2c1=O. The van der Waals surface area contributed by atoms with Crippen LogP contribution in [0.25, 0.3) is 10.2 Å². The van der Waals surface area contributed by atoms with Gasteiger partial charge in [0.05, 0.1) is 16.6 Å². The van der Waals surface area contributed by atoms with E-state index < -0.39 is 0 Å². The lowest BCUT2D eigenvalue weighted by Crippen LogP contribution is -2.20. The summed E-state index contributed by atoms with van der Waals surface area (Å²) in [4.78, 5) is 31.0. The molecule has 0 spiro atoms. The lowest BCUT2D eigenvalue weighted by molar-refractivity contribution is 0.103. The number of fused-ring (bicyclic) bond motifs is 2. The Hall–Kier alpha value is -2.87. The summed E-state index contributed by atoms with van der Waals surface area (Å²) in [5.41, 5.74) is 1.18. The van der Waals surface area contributed by atoms with Crippen LogP contribution in [-0.4, -0.2) is 22.3 Å². The highest BCUT2D eigenvalue weighted by Gasteiger charge is 2.20. The van der Waals surface area contributed by atoms with Gasteiger partial charge in [-0.25, -0.2) is 4.98 Å². The third-order valence-electron chi connectivity index (χ3n) is 4.51. The van der Waals surface area contributed by atoms with Gasteiger partial charge in [0.25, 0.3) is 11.5 Å². The van der Waals surface area contributed by atoms with Gasteiger partial charge in [-0.05, 0) is 31.0 Å². The maximum atomic E-state index is 12.8. The van der Waals surface area contributed by atoms with E-state index in [1.54, 1.807) is 36.0 Å². The number of hydrogen-bond acceptors (Lipinski definition) is 6. The molecule has 1 aliphatic heterocycles. The molecule has 3 heterocycles. The number of rotatable bonds is 5. The molecule has 27 heavy (non-hydrogen) atoms. The van der Waals surface area contributed by atoms with Crippen molar-refractivity contribution in [1.29, 1.82) is 0 Å². The molecule has 0 atom stereocenters. The molecule has 0 bridgehead atoms. The predicted molar refractivity (Wildman–Crippen MR) is 104 cm³/mol. The first-order valence-electron chi connectivity index (χ1n) is 8.78. The number of hydrogen-bond donors (Lipinski definition) is 1. The molecule has 1 amide bonds. The number of thiophene rings is 1. The van der Waals surface area contributed by atoms with Gasteiger partial charge in [0.15, 0.2) is 11.5 Å². The Bertz CT molecular complexity index is 1090. The highest BCUT2D eigenvalue weighted by Crippen LogP contribution is 2.35. The van der Waals surface area contributed by atoms with E-state index in [4.69, 9.17) is 9.47 Å². The number of aryl methyl sites for hydroxylation is 2. The van der Waals surface area contributed by atoms with Crippen LogP contribution in [0.15, 0.2) is 29.3 Å². The van der Waals surface area contributed by atoms with E-state index >= 15 is 0 Å². The van der Waals surface area contributed by atoms with Gasteiger partial charge in [-0.1, -0.05) is 13.3 Å². The zero-order valence-corrected chi connectivity index (χ0v) is 15.9. The summed E-state index contributed by atoms with van der Waals surface area (Å²) >= 11 is 1.23. The smallest absolute Gasteiger partial charge is 0.266 e. The topological polar surface area (TPSA) is 82.5 Å². The molecule has 3 aromatic rings. The number of carbonyl (C=O) groups is 1. The largest absolute Gasteiger partial charge is 0.454 e. The molecule has 0 unspecified atom stereocenters. The van der Waals surface area contributed by atoms with E-state index in [9.17, 15) is 9.59 Å². The first-order valence-corrected chi connectivity index (χ1v) is 9.59. The number of benzene rings is 1. The van der Waals surface area contributed by atoms with Crippen molar-refractivity contribution in [2.75, 3.05) is 12.1 Å². The number of aromatic nitrogens is 2. The monoisotopic (exact) mass is 385 g/mol. The van der Waals surface area contributed by atoms with E-state index in [2.05, 4.69) is 17.2 Å². The van der Waals surface area contributed by atoms with Gasteiger partial charge >= 0.3 is 0 Å². The van der Waals surface area contributed by atoms with Gasteiger partial charge in [-0.2, -0.15) is 0 Å². The van der Waals surface area contributed by atoms with E-state index in [-0.39, 0.29) is 18.3 Å². The molecule has 7 nitrogen and oxygen atoms in total. The molecule has 2 aromatic heterocycles. The van der Waals surface area contributed by atoms with Crippen LogP contribution in [0.4, 0.5) is 5.69 Å². The van der Waals surface area contributed by atoms with Crippen molar-refractivity contribution in [2.45, 2.75) is 33.2 Å². The highest BCUT2D eigenvalue weighted by molar-refractivity contribution is 7.20. The minimum Gasteiger partial charge on any atom is -0.454 e. The zero-order chi connectivity index (χ0) is 19.0. The third kappa shape index (κ3) is 3.16. The second-order valence-electron chi connectivity index (χ2n) is 6.36. The van der Waals surface area contributed by atoms with Crippen molar-refractivity contribution in [2.24, 2.45) is 0 Å². The molecule has 8 heteroatoms. The van der Waals surface area contributed by atoms with Gasteiger partial charge in [0.1, 0.15) is 4.83 Å². The van der Waals surface area contributed by atoms with Gasteiger partial charge in [-0.3, -0.25) is 14.2 Å². The second-order valence-corrected chi connectivity index (χ2v) is 7.35. The van der Waals surface area contributed by atoms with Crippen molar-refractivity contribution in [3.05, 3.63) is 45.3 Å².